The molecule has 1 amide bonds. The predicted molar refractivity (Wildman–Crippen MR) is 103 cm³/mol. The Kier molecular flexibility index (Phi) is 5.07. The number of nitrogens with one attached hydrogen (secondary N) is 1. The van der Waals surface area contributed by atoms with E-state index < -0.39 is 10.0 Å². The van der Waals surface area contributed by atoms with Crippen molar-refractivity contribution < 1.29 is 13.2 Å². The van der Waals surface area contributed by atoms with Crippen molar-refractivity contribution >= 4 is 33.2 Å². The zero-order valence-corrected chi connectivity index (χ0v) is 15.8. The molecule has 0 radical (unpaired) electrons. The van der Waals surface area contributed by atoms with Crippen LogP contribution in [0.2, 0.25) is 5.02 Å². The molecule has 7 heteroatoms. The second kappa shape index (κ2) is 7.13. The van der Waals surface area contributed by atoms with Gasteiger partial charge in [-0.3, -0.25) is 9.10 Å². The average molecular weight is 391 g/mol. The van der Waals surface area contributed by atoms with Crippen LogP contribution in [0.15, 0.2) is 60.0 Å². The maximum Gasteiger partial charge on any atom is 0.264 e. The lowest BCUT2D eigenvalue weighted by Gasteiger charge is -2.24. The van der Waals surface area contributed by atoms with E-state index in [1.807, 2.05) is 6.92 Å². The van der Waals surface area contributed by atoms with Crippen LogP contribution >= 0.6 is 11.6 Å². The predicted octanol–water partition coefficient (Wildman–Crippen LogP) is 3.40. The Balaban J connectivity index is 1.96. The van der Waals surface area contributed by atoms with Gasteiger partial charge in [0.2, 0.25) is 0 Å². The molecule has 1 aliphatic rings. The Bertz CT molecular complexity index is 955. The summed E-state index contributed by atoms with van der Waals surface area (Å²) in [5.74, 6) is -0.209. The van der Waals surface area contributed by atoms with Crippen molar-refractivity contribution in [2.75, 3.05) is 10.8 Å². The van der Waals surface area contributed by atoms with Gasteiger partial charge in [-0.25, -0.2) is 8.42 Å². The molecule has 0 bridgehead atoms. The number of sulfonamides is 1. The molecule has 0 unspecified atom stereocenters. The van der Waals surface area contributed by atoms with Gasteiger partial charge in [0.25, 0.3) is 15.9 Å². The fraction of sp³-hybridized carbons (Fsp3) is 0.211. The zero-order valence-electron chi connectivity index (χ0n) is 14.3. The summed E-state index contributed by atoms with van der Waals surface area (Å²) in [5, 5.41) is 3.20. The van der Waals surface area contributed by atoms with Gasteiger partial charge >= 0.3 is 0 Å². The van der Waals surface area contributed by atoms with Gasteiger partial charge in [-0.1, -0.05) is 17.7 Å². The Morgan fingerprint density at radius 2 is 2.00 bits per heavy atom. The molecule has 5 nitrogen and oxygen atoms in total. The standard InChI is InChI=1S/C19H19ClN2O3S/c1-3-10-21-19(23)14-4-9-18-15(12-14)11-13(2)22(18)26(24,25)17-7-5-16(20)6-8-17/h3-9,12-13H,1,10-11H2,2H3,(H,21,23)/t13-/m0/s1. The van der Waals surface area contributed by atoms with E-state index in [1.165, 1.54) is 16.4 Å². The summed E-state index contributed by atoms with van der Waals surface area (Å²) < 4.78 is 27.6. The summed E-state index contributed by atoms with van der Waals surface area (Å²) in [4.78, 5) is 12.3. The molecule has 1 atom stereocenters. The van der Waals surface area contributed by atoms with Gasteiger partial charge in [0.05, 0.1) is 10.6 Å². The molecule has 0 saturated carbocycles. The molecular formula is C19H19ClN2O3S. The summed E-state index contributed by atoms with van der Waals surface area (Å²) in [6, 6.07) is 11.0. The van der Waals surface area contributed by atoms with Gasteiger partial charge in [-0.05, 0) is 61.4 Å². The van der Waals surface area contributed by atoms with Crippen molar-refractivity contribution in [2.45, 2.75) is 24.3 Å². The number of rotatable bonds is 5. The van der Waals surface area contributed by atoms with E-state index in [9.17, 15) is 13.2 Å². The van der Waals surface area contributed by atoms with E-state index in [1.54, 1.807) is 36.4 Å². The quantitative estimate of drug-likeness (QED) is 0.796. The summed E-state index contributed by atoms with van der Waals surface area (Å²) in [5.41, 5.74) is 1.94. The second-order valence-corrected chi connectivity index (χ2v) is 8.40. The van der Waals surface area contributed by atoms with Crippen molar-refractivity contribution in [3.05, 3.63) is 71.3 Å². The van der Waals surface area contributed by atoms with Gasteiger partial charge in [0.15, 0.2) is 0 Å². The number of hydrogen-bond donors (Lipinski definition) is 1. The Labute approximate surface area is 158 Å². The van der Waals surface area contributed by atoms with E-state index in [-0.39, 0.29) is 16.8 Å². The first kappa shape index (κ1) is 18.5. The van der Waals surface area contributed by atoms with Crippen molar-refractivity contribution in [3.8, 4) is 0 Å². The number of hydrogen-bond acceptors (Lipinski definition) is 3. The fourth-order valence-electron chi connectivity index (χ4n) is 3.10. The lowest BCUT2D eigenvalue weighted by atomic mass is 10.1. The number of benzene rings is 2. The van der Waals surface area contributed by atoms with Crippen molar-refractivity contribution in [3.63, 3.8) is 0 Å². The first-order valence-corrected chi connectivity index (χ1v) is 9.98. The number of nitrogens with zero attached hydrogens (tertiary/aromatic N) is 1. The van der Waals surface area contributed by atoms with E-state index in [0.717, 1.165) is 5.56 Å². The molecule has 2 aromatic rings. The molecule has 2 aromatic carbocycles. The molecule has 0 aromatic heterocycles. The van der Waals surface area contributed by atoms with Gasteiger partial charge in [0.1, 0.15) is 0 Å². The van der Waals surface area contributed by atoms with Crippen LogP contribution in [0.1, 0.15) is 22.8 Å². The molecule has 0 saturated heterocycles. The first-order chi connectivity index (χ1) is 12.3. The smallest absolute Gasteiger partial charge is 0.264 e. The normalized spacial score (nSPS) is 16.2. The number of halogens is 1. The third-order valence-corrected chi connectivity index (χ3v) is 6.47. The minimum atomic E-state index is -3.70. The molecule has 26 heavy (non-hydrogen) atoms. The van der Waals surface area contributed by atoms with E-state index in [4.69, 9.17) is 11.6 Å². The highest BCUT2D eigenvalue weighted by Crippen LogP contribution is 2.37. The lowest BCUT2D eigenvalue weighted by molar-refractivity contribution is 0.0958. The molecule has 0 spiro atoms. The molecule has 0 aliphatic carbocycles. The second-order valence-electron chi connectivity index (χ2n) is 6.15. The van der Waals surface area contributed by atoms with E-state index in [0.29, 0.717) is 29.2 Å². The highest BCUT2D eigenvalue weighted by atomic mass is 35.5. The Hall–Kier alpha value is -2.31. The highest BCUT2D eigenvalue weighted by molar-refractivity contribution is 7.92. The van der Waals surface area contributed by atoms with Gasteiger partial charge in [-0.15, -0.1) is 6.58 Å². The van der Waals surface area contributed by atoms with Crippen LogP contribution in [-0.4, -0.2) is 26.9 Å². The summed E-state index contributed by atoms with van der Waals surface area (Å²) in [6.45, 7) is 5.80. The molecule has 0 fully saturated rings. The topological polar surface area (TPSA) is 66.5 Å². The fourth-order valence-corrected chi connectivity index (χ4v) is 4.92. The number of fused-ring (bicyclic) bond motifs is 1. The van der Waals surface area contributed by atoms with Gasteiger partial charge in [0, 0.05) is 23.2 Å². The number of amides is 1. The SMILES string of the molecule is C=CCNC(=O)c1ccc2c(c1)C[C@H](C)N2S(=O)(=O)c1ccc(Cl)cc1. The number of anilines is 1. The summed E-state index contributed by atoms with van der Waals surface area (Å²) in [7, 11) is -3.70. The highest BCUT2D eigenvalue weighted by Gasteiger charge is 2.36. The van der Waals surface area contributed by atoms with Crippen LogP contribution in [0.4, 0.5) is 5.69 Å². The van der Waals surface area contributed by atoms with E-state index >= 15 is 0 Å². The van der Waals surface area contributed by atoms with E-state index in [2.05, 4.69) is 11.9 Å². The third-order valence-electron chi connectivity index (χ3n) is 4.27. The van der Waals surface area contributed by atoms with Crippen LogP contribution in [0.5, 0.6) is 0 Å². The summed E-state index contributed by atoms with van der Waals surface area (Å²) >= 11 is 5.86. The van der Waals surface area contributed by atoms with Crippen LogP contribution in [0.3, 0.4) is 0 Å². The average Bonchev–Trinajstić information content (AvgIpc) is 2.95. The van der Waals surface area contributed by atoms with Gasteiger partial charge in [-0.2, -0.15) is 0 Å². The van der Waals surface area contributed by atoms with Crippen molar-refractivity contribution in [1.29, 1.82) is 0 Å². The van der Waals surface area contributed by atoms with Crippen LogP contribution in [-0.2, 0) is 16.4 Å². The molecule has 136 valence electrons. The summed E-state index contributed by atoms with van der Waals surface area (Å²) in [6.07, 6.45) is 2.15. The zero-order chi connectivity index (χ0) is 18.9. The molecule has 1 N–H and O–H groups in total. The van der Waals surface area contributed by atoms with Crippen molar-refractivity contribution in [2.24, 2.45) is 0 Å². The van der Waals surface area contributed by atoms with Crippen LogP contribution < -0.4 is 9.62 Å². The molecule has 3 rings (SSSR count). The Morgan fingerprint density at radius 3 is 2.65 bits per heavy atom. The monoisotopic (exact) mass is 390 g/mol. The molecular weight excluding hydrogens is 372 g/mol. The van der Waals surface area contributed by atoms with Crippen LogP contribution in [0.25, 0.3) is 0 Å². The minimum absolute atomic E-state index is 0.189. The van der Waals surface area contributed by atoms with Gasteiger partial charge < -0.3 is 5.32 Å². The molecule has 1 aliphatic heterocycles. The Morgan fingerprint density at radius 1 is 1.31 bits per heavy atom. The number of carbonyl (C=O) groups is 1. The first-order valence-electron chi connectivity index (χ1n) is 8.16. The largest absolute Gasteiger partial charge is 0.349 e. The maximum absolute atomic E-state index is 13.1. The lowest BCUT2D eigenvalue weighted by Crippen LogP contribution is -2.35. The maximum atomic E-state index is 13.1. The minimum Gasteiger partial charge on any atom is -0.349 e. The number of carbonyl (C=O) groups excluding carboxylic acids is 1. The van der Waals surface area contributed by atoms with Crippen molar-refractivity contribution in [1.82, 2.24) is 5.32 Å². The third kappa shape index (κ3) is 3.34. The van der Waals surface area contributed by atoms with Crippen LogP contribution in [0, 0.1) is 0 Å². The molecule has 1 heterocycles.